The predicted molar refractivity (Wildman–Crippen MR) is 81.1 cm³/mol. The summed E-state index contributed by atoms with van der Waals surface area (Å²) in [5, 5.41) is 0. The number of rotatable bonds is 4. The van der Waals surface area contributed by atoms with Crippen LogP contribution >= 0.6 is 0 Å². The summed E-state index contributed by atoms with van der Waals surface area (Å²) in [4.78, 5) is 0. The Morgan fingerprint density at radius 1 is 1.35 bits per heavy atom. The zero-order valence-electron chi connectivity index (χ0n) is 12.4. The number of nitrogens with one attached hydrogen (secondary N) is 1. The molecule has 2 fully saturated rings. The molecule has 1 aliphatic heterocycles. The Kier molecular flexibility index (Phi) is 4.11. The van der Waals surface area contributed by atoms with Crippen LogP contribution in [0.2, 0.25) is 0 Å². The highest BCUT2D eigenvalue weighted by molar-refractivity contribution is 5.25. The summed E-state index contributed by atoms with van der Waals surface area (Å²) in [5.74, 6) is 6.45. The van der Waals surface area contributed by atoms with E-state index in [4.69, 9.17) is 10.6 Å². The van der Waals surface area contributed by atoms with Crippen molar-refractivity contribution in [3.8, 4) is 0 Å². The first-order chi connectivity index (χ1) is 9.76. The molecular formula is C17H26N2O. The van der Waals surface area contributed by atoms with Gasteiger partial charge in [-0.15, -0.1) is 0 Å². The van der Waals surface area contributed by atoms with Gasteiger partial charge in [0.1, 0.15) is 0 Å². The molecule has 1 aliphatic carbocycles. The third kappa shape index (κ3) is 2.62. The van der Waals surface area contributed by atoms with E-state index in [0.29, 0.717) is 5.92 Å². The molecule has 0 radical (unpaired) electrons. The number of hydrogen-bond donors (Lipinski definition) is 2. The molecule has 1 spiro atoms. The summed E-state index contributed by atoms with van der Waals surface area (Å²) in [7, 11) is 0. The first-order valence-corrected chi connectivity index (χ1v) is 7.95. The van der Waals surface area contributed by atoms with Crippen LogP contribution in [0.25, 0.3) is 0 Å². The van der Waals surface area contributed by atoms with Crippen molar-refractivity contribution >= 4 is 0 Å². The fourth-order valence-corrected chi connectivity index (χ4v) is 3.73. The molecule has 2 aliphatic rings. The van der Waals surface area contributed by atoms with Gasteiger partial charge >= 0.3 is 0 Å². The summed E-state index contributed by atoms with van der Waals surface area (Å²) in [5.41, 5.74) is 5.93. The van der Waals surface area contributed by atoms with Gasteiger partial charge in [-0.1, -0.05) is 31.2 Å². The number of nitrogens with two attached hydrogens (primary N) is 1. The Bertz CT molecular complexity index is 439. The molecule has 20 heavy (non-hydrogen) atoms. The Labute approximate surface area is 121 Å². The van der Waals surface area contributed by atoms with Gasteiger partial charge in [-0.3, -0.25) is 11.3 Å². The molecule has 3 heteroatoms. The van der Waals surface area contributed by atoms with E-state index >= 15 is 0 Å². The first kappa shape index (κ1) is 14.1. The van der Waals surface area contributed by atoms with E-state index in [0.717, 1.165) is 25.9 Å². The molecule has 2 atom stereocenters. The van der Waals surface area contributed by atoms with Crippen LogP contribution in [-0.4, -0.2) is 12.2 Å². The highest BCUT2D eigenvalue weighted by Crippen LogP contribution is 2.47. The van der Waals surface area contributed by atoms with Crippen molar-refractivity contribution in [1.29, 1.82) is 0 Å². The maximum Gasteiger partial charge on any atom is 0.0686 e. The van der Waals surface area contributed by atoms with Gasteiger partial charge < -0.3 is 4.74 Å². The van der Waals surface area contributed by atoms with Crippen molar-refractivity contribution in [1.82, 2.24) is 5.43 Å². The number of benzene rings is 1. The van der Waals surface area contributed by atoms with Gasteiger partial charge in [-0.2, -0.15) is 0 Å². The lowest BCUT2D eigenvalue weighted by Gasteiger charge is -2.48. The smallest absolute Gasteiger partial charge is 0.0686 e. The molecule has 0 aromatic heterocycles. The third-order valence-electron chi connectivity index (χ3n) is 5.19. The van der Waals surface area contributed by atoms with Crippen LogP contribution in [0.1, 0.15) is 56.2 Å². The van der Waals surface area contributed by atoms with Crippen LogP contribution in [0.15, 0.2) is 24.3 Å². The number of ether oxygens (including phenoxy) is 1. The van der Waals surface area contributed by atoms with Crippen molar-refractivity contribution in [2.24, 2.45) is 11.8 Å². The second-order valence-electron chi connectivity index (χ2n) is 6.38. The Balaban J connectivity index is 1.74. The SMILES string of the molecule is CCc1ccc(C(NN)C2CCOC3(CCC3)C2)cc1. The first-order valence-electron chi connectivity index (χ1n) is 7.95. The maximum absolute atomic E-state index is 6.03. The minimum absolute atomic E-state index is 0.182. The monoisotopic (exact) mass is 274 g/mol. The molecule has 110 valence electrons. The van der Waals surface area contributed by atoms with E-state index in [2.05, 4.69) is 36.6 Å². The molecule has 0 amide bonds. The molecule has 1 saturated heterocycles. The molecule has 1 aromatic rings. The average Bonchev–Trinajstić information content (AvgIpc) is 2.47. The van der Waals surface area contributed by atoms with Crippen molar-refractivity contribution in [2.45, 2.75) is 57.1 Å². The summed E-state index contributed by atoms with van der Waals surface area (Å²) >= 11 is 0. The van der Waals surface area contributed by atoms with Gasteiger partial charge in [0.25, 0.3) is 0 Å². The minimum atomic E-state index is 0.182. The van der Waals surface area contributed by atoms with E-state index in [-0.39, 0.29) is 11.6 Å². The van der Waals surface area contributed by atoms with Crippen LogP contribution < -0.4 is 11.3 Å². The fourth-order valence-electron chi connectivity index (χ4n) is 3.73. The van der Waals surface area contributed by atoms with Crippen LogP contribution in [0.3, 0.4) is 0 Å². The maximum atomic E-state index is 6.03. The molecule has 3 nitrogen and oxygen atoms in total. The van der Waals surface area contributed by atoms with E-state index in [1.165, 1.54) is 30.4 Å². The molecule has 3 N–H and O–H groups in total. The van der Waals surface area contributed by atoms with E-state index < -0.39 is 0 Å². The lowest BCUT2D eigenvalue weighted by Crippen LogP contribution is -2.48. The highest BCUT2D eigenvalue weighted by atomic mass is 16.5. The van der Waals surface area contributed by atoms with Crippen LogP contribution in [0.4, 0.5) is 0 Å². The van der Waals surface area contributed by atoms with Gasteiger partial charge in [-0.25, -0.2) is 0 Å². The summed E-state index contributed by atoms with van der Waals surface area (Å²) < 4.78 is 6.03. The van der Waals surface area contributed by atoms with Gasteiger partial charge in [0.2, 0.25) is 0 Å². The second-order valence-corrected chi connectivity index (χ2v) is 6.38. The van der Waals surface area contributed by atoms with Crippen molar-refractivity contribution in [2.75, 3.05) is 6.61 Å². The van der Waals surface area contributed by atoms with E-state index in [1.807, 2.05) is 0 Å². The Morgan fingerprint density at radius 2 is 2.10 bits per heavy atom. The van der Waals surface area contributed by atoms with Crippen molar-refractivity contribution < 1.29 is 4.74 Å². The van der Waals surface area contributed by atoms with Crippen LogP contribution in [-0.2, 0) is 11.2 Å². The van der Waals surface area contributed by atoms with Crippen LogP contribution in [0, 0.1) is 5.92 Å². The summed E-state index contributed by atoms with van der Waals surface area (Å²) in [6.45, 7) is 3.07. The lowest BCUT2D eigenvalue weighted by atomic mass is 9.70. The van der Waals surface area contributed by atoms with Gasteiger partial charge in [0.05, 0.1) is 5.60 Å². The fraction of sp³-hybridized carbons (Fsp3) is 0.647. The molecule has 1 saturated carbocycles. The Hall–Kier alpha value is -0.900. The molecule has 1 heterocycles. The van der Waals surface area contributed by atoms with Gasteiger partial charge in [0, 0.05) is 12.6 Å². The number of hydrazine groups is 1. The second kappa shape index (κ2) is 5.84. The van der Waals surface area contributed by atoms with Crippen molar-refractivity contribution in [3.63, 3.8) is 0 Å². The standard InChI is InChI=1S/C17H26N2O/c1-2-13-4-6-14(7-5-13)16(19-18)15-8-11-20-17(12-15)9-3-10-17/h4-7,15-16,19H,2-3,8-12,18H2,1H3. The van der Waals surface area contributed by atoms with Crippen molar-refractivity contribution in [3.05, 3.63) is 35.4 Å². The van der Waals surface area contributed by atoms with E-state index in [9.17, 15) is 0 Å². The third-order valence-corrected chi connectivity index (χ3v) is 5.19. The lowest BCUT2D eigenvalue weighted by molar-refractivity contribution is -0.147. The average molecular weight is 274 g/mol. The zero-order chi connectivity index (χ0) is 14.0. The topological polar surface area (TPSA) is 47.3 Å². The number of hydrogen-bond acceptors (Lipinski definition) is 3. The highest BCUT2D eigenvalue weighted by Gasteiger charge is 2.44. The molecule has 1 aromatic carbocycles. The molecule has 0 bridgehead atoms. The summed E-state index contributed by atoms with van der Waals surface area (Å²) in [6, 6.07) is 9.15. The number of aryl methyl sites for hydroxylation is 1. The zero-order valence-corrected chi connectivity index (χ0v) is 12.4. The molecule has 3 rings (SSSR count). The van der Waals surface area contributed by atoms with E-state index in [1.54, 1.807) is 0 Å². The Morgan fingerprint density at radius 3 is 2.65 bits per heavy atom. The van der Waals surface area contributed by atoms with Gasteiger partial charge in [0.15, 0.2) is 0 Å². The quantitative estimate of drug-likeness (QED) is 0.655. The minimum Gasteiger partial charge on any atom is -0.375 e. The molecular weight excluding hydrogens is 248 g/mol. The summed E-state index contributed by atoms with van der Waals surface area (Å²) in [6.07, 6.45) is 7.12. The predicted octanol–water partition coefficient (Wildman–Crippen LogP) is 3.10. The van der Waals surface area contributed by atoms with Crippen LogP contribution in [0.5, 0.6) is 0 Å². The van der Waals surface area contributed by atoms with Gasteiger partial charge in [-0.05, 0) is 55.6 Å². The molecule has 2 unspecified atom stereocenters. The largest absolute Gasteiger partial charge is 0.375 e. The normalized spacial score (nSPS) is 26.2.